The molecule has 0 bridgehead atoms. The summed E-state index contributed by atoms with van der Waals surface area (Å²) in [6.07, 6.45) is 3.82. The van der Waals surface area contributed by atoms with Gasteiger partial charge in [0, 0.05) is 23.9 Å². The third-order valence-corrected chi connectivity index (χ3v) is 5.13. The molecule has 0 saturated heterocycles. The fourth-order valence-corrected chi connectivity index (χ4v) is 3.60. The average molecular weight is 391 g/mol. The van der Waals surface area contributed by atoms with Crippen LogP contribution in [0.15, 0.2) is 18.2 Å². The van der Waals surface area contributed by atoms with Crippen LogP contribution in [0.1, 0.15) is 52.0 Å². The number of hydrogen-bond acceptors (Lipinski definition) is 4. The van der Waals surface area contributed by atoms with Crippen molar-refractivity contribution in [3.8, 4) is 11.5 Å². The van der Waals surface area contributed by atoms with Crippen LogP contribution in [-0.2, 0) is 16.0 Å². The van der Waals surface area contributed by atoms with Gasteiger partial charge < -0.3 is 20.1 Å². The van der Waals surface area contributed by atoms with Crippen molar-refractivity contribution >= 4 is 11.8 Å². The van der Waals surface area contributed by atoms with Crippen LogP contribution in [0.25, 0.3) is 0 Å². The van der Waals surface area contributed by atoms with E-state index in [2.05, 4.69) is 10.6 Å². The molecule has 1 aromatic rings. The summed E-state index contributed by atoms with van der Waals surface area (Å²) >= 11 is 0. The second-order valence-electron chi connectivity index (χ2n) is 8.52. The first kappa shape index (κ1) is 22.1. The van der Waals surface area contributed by atoms with E-state index in [9.17, 15) is 9.59 Å². The van der Waals surface area contributed by atoms with Gasteiger partial charge in [0.25, 0.3) is 0 Å². The predicted octanol–water partition coefficient (Wildman–Crippen LogP) is 3.08. The van der Waals surface area contributed by atoms with Crippen LogP contribution in [0.4, 0.5) is 0 Å². The van der Waals surface area contributed by atoms with Crippen molar-refractivity contribution < 1.29 is 19.1 Å². The number of nitrogens with one attached hydrogen (secondary N) is 2. The van der Waals surface area contributed by atoms with E-state index in [1.807, 2.05) is 39.0 Å². The van der Waals surface area contributed by atoms with Gasteiger partial charge in [0.05, 0.1) is 14.2 Å². The van der Waals surface area contributed by atoms with E-state index in [-0.39, 0.29) is 29.2 Å². The van der Waals surface area contributed by atoms with E-state index in [1.165, 1.54) is 0 Å². The Bertz CT molecular complexity index is 674. The molecule has 156 valence electrons. The summed E-state index contributed by atoms with van der Waals surface area (Å²) in [6.45, 7) is 6.55. The molecule has 1 aliphatic rings. The summed E-state index contributed by atoms with van der Waals surface area (Å²) in [5, 5.41) is 6.08. The molecule has 28 heavy (non-hydrogen) atoms. The average Bonchev–Trinajstić information content (AvgIpc) is 2.66. The largest absolute Gasteiger partial charge is 0.493 e. The second kappa shape index (κ2) is 9.80. The predicted molar refractivity (Wildman–Crippen MR) is 110 cm³/mol. The highest BCUT2D eigenvalue weighted by molar-refractivity contribution is 5.81. The summed E-state index contributed by atoms with van der Waals surface area (Å²) < 4.78 is 10.6. The van der Waals surface area contributed by atoms with Gasteiger partial charge in [-0.3, -0.25) is 9.59 Å². The fourth-order valence-electron chi connectivity index (χ4n) is 3.60. The fraction of sp³-hybridized carbons (Fsp3) is 0.636. The molecule has 1 aliphatic carbocycles. The Morgan fingerprint density at radius 1 is 0.964 bits per heavy atom. The molecule has 1 saturated carbocycles. The maximum atomic E-state index is 12.5. The lowest BCUT2D eigenvalue weighted by molar-refractivity contribution is -0.131. The number of amides is 2. The van der Waals surface area contributed by atoms with Crippen LogP contribution in [0.2, 0.25) is 0 Å². The summed E-state index contributed by atoms with van der Waals surface area (Å²) in [4.78, 5) is 24.7. The van der Waals surface area contributed by atoms with Crippen LogP contribution in [0, 0.1) is 11.8 Å². The Morgan fingerprint density at radius 3 is 2.07 bits per heavy atom. The molecule has 0 atom stereocenters. The molecule has 2 amide bonds. The SMILES string of the molecule is COc1ccc(CCNC(=O)C2CCC(C(=O)NC(C)(C)C)CC2)cc1OC. The molecule has 2 rings (SSSR count). The number of benzene rings is 1. The van der Waals surface area contributed by atoms with Crippen LogP contribution in [0.3, 0.4) is 0 Å². The zero-order chi connectivity index (χ0) is 20.7. The van der Waals surface area contributed by atoms with Gasteiger partial charge >= 0.3 is 0 Å². The van der Waals surface area contributed by atoms with Gasteiger partial charge in [-0.1, -0.05) is 6.07 Å². The minimum atomic E-state index is -0.213. The van der Waals surface area contributed by atoms with Crippen molar-refractivity contribution in [3.05, 3.63) is 23.8 Å². The number of methoxy groups -OCH3 is 2. The van der Waals surface area contributed by atoms with E-state index in [1.54, 1.807) is 14.2 Å². The van der Waals surface area contributed by atoms with E-state index in [0.717, 1.165) is 37.7 Å². The van der Waals surface area contributed by atoms with Gasteiger partial charge in [-0.05, 0) is 70.6 Å². The molecular weight excluding hydrogens is 356 g/mol. The Morgan fingerprint density at radius 2 is 1.54 bits per heavy atom. The van der Waals surface area contributed by atoms with Crippen molar-refractivity contribution in [3.63, 3.8) is 0 Å². The lowest BCUT2D eigenvalue weighted by atomic mass is 9.81. The van der Waals surface area contributed by atoms with Gasteiger partial charge in [-0.25, -0.2) is 0 Å². The molecule has 6 heteroatoms. The topological polar surface area (TPSA) is 76.7 Å². The lowest BCUT2D eigenvalue weighted by Crippen LogP contribution is -2.45. The highest BCUT2D eigenvalue weighted by atomic mass is 16.5. The maximum absolute atomic E-state index is 12.5. The Kier molecular flexibility index (Phi) is 7.72. The number of carbonyl (C=O) groups excluding carboxylic acids is 2. The molecule has 0 unspecified atom stereocenters. The molecule has 6 nitrogen and oxygen atoms in total. The molecule has 0 spiro atoms. The van der Waals surface area contributed by atoms with Crippen molar-refractivity contribution in [1.82, 2.24) is 10.6 Å². The van der Waals surface area contributed by atoms with Crippen molar-refractivity contribution in [2.75, 3.05) is 20.8 Å². The Hall–Kier alpha value is -2.24. The van der Waals surface area contributed by atoms with Crippen LogP contribution < -0.4 is 20.1 Å². The highest BCUT2D eigenvalue weighted by Gasteiger charge is 2.31. The zero-order valence-corrected chi connectivity index (χ0v) is 17.8. The van der Waals surface area contributed by atoms with Crippen molar-refractivity contribution in [2.24, 2.45) is 11.8 Å². The van der Waals surface area contributed by atoms with Crippen LogP contribution >= 0.6 is 0 Å². The van der Waals surface area contributed by atoms with Gasteiger partial charge in [0.2, 0.25) is 11.8 Å². The Labute approximate surface area is 168 Å². The smallest absolute Gasteiger partial charge is 0.223 e. The first-order valence-electron chi connectivity index (χ1n) is 10.0. The number of ether oxygens (including phenoxy) is 2. The van der Waals surface area contributed by atoms with E-state index >= 15 is 0 Å². The standard InChI is InChI=1S/C22H34N2O4/c1-22(2,3)24-21(26)17-9-7-16(8-10-17)20(25)23-13-12-15-6-11-18(27-4)19(14-15)28-5/h6,11,14,16-17H,7-10,12-13H2,1-5H3,(H,23,25)(H,24,26). The molecular formula is C22H34N2O4. The Balaban J connectivity index is 1.75. The third kappa shape index (κ3) is 6.43. The van der Waals surface area contributed by atoms with E-state index in [0.29, 0.717) is 18.0 Å². The van der Waals surface area contributed by atoms with E-state index < -0.39 is 0 Å². The van der Waals surface area contributed by atoms with Gasteiger partial charge in [0.15, 0.2) is 11.5 Å². The summed E-state index contributed by atoms with van der Waals surface area (Å²) in [7, 11) is 3.22. The quantitative estimate of drug-likeness (QED) is 0.750. The normalized spacial score (nSPS) is 19.6. The van der Waals surface area contributed by atoms with Crippen molar-refractivity contribution in [2.45, 2.75) is 58.4 Å². The minimum Gasteiger partial charge on any atom is -0.493 e. The van der Waals surface area contributed by atoms with Crippen LogP contribution in [0.5, 0.6) is 11.5 Å². The third-order valence-electron chi connectivity index (χ3n) is 5.13. The number of rotatable bonds is 7. The van der Waals surface area contributed by atoms with Gasteiger partial charge in [-0.2, -0.15) is 0 Å². The minimum absolute atomic E-state index is 0.00379. The first-order chi connectivity index (χ1) is 13.2. The molecule has 0 aromatic heterocycles. The first-order valence-corrected chi connectivity index (χ1v) is 10.0. The molecule has 2 N–H and O–H groups in total. The molecule has 1 aromatic carbocycles. The molecule has 0 radical (unpaired) electrons. The van der Waals surface area contributed by atoms with Crippen LogP contribution in [-0.4, -0.2) is 38.1 Å². The zero-order valence-electron chi connectivity index (χ0n) is 17.8. The maximum Gasteiger partial charge on any atom is 0.223 e. The molecule has 1 fully saturated rings. The molecule has 0 heterocycles. The summed E-state index contributed by atoms with van der Waals surface area (Å²) in [6, 6.07) is 5.79. The number of hydrogen-bond donors (Lipinski definition) is 2. The monoisotopic (exact) mass is 390 g/mol. The summed E-state index contributed by atoms with van der Waals surface area (Å²) in [5.41, 5.74) is 0.871. The summed E-state index contributed by atoms with van der Waals surface area (Å²) in [5.74, 6) is 1.62. The van der Waals surface area contributed by atoms with Crippen molar-refractivity contribution in [1.29, 1.82) is 0 Å². The second-order valence-corrected chi connectivity index (χ2v) is 8.52. The number of carbonyl (C=O) groups is 2. The lowest BCUT2D eigenvalue weighted by Gasteiger charge is -2.30. The highest BCUT2D eigenvalue weighted by Crippen LogP contribution is 2.30. The van der Waals surface area contributed by atoms with E-state index in [4.69, 9.17) is 9.47 Å². The molecule has 0 aliphatic heterocycles. The van der Waals surface area contributed by atoms with Gasteiger partial charge in [0.1, 0.15) is 0 Å². The van der Waals surface area contributed by atoms with Gasteiger partial charge in [-0.15, -0.1) is 0 Å².